The lowest BCUT2D eigenvalue weighted by molar-refractivity contribution is -0.116. The van der Waals surface area contributed by atoms with E-state index in [4.69, 9.17) is 11.6 Å². The smallest absolute Gasteiger partial charge is 0.134 e. The van der Waals surface area contributed by atoms with Gasteiger partial charge in [0.1, 0.15) is 5.78 Å². The van der Waals surface area contributed by atoms with Crippen LogP contribution in [0.25, 0.3) is 0 Å². The fourth-order valence-corrected chi connectivity index (χ4v) is 1.72. The van der Waals surface area contributed by atoms with Crippen LogP contribution in [0.3, 0.4) is 0 Å². The van der Waals surface area contributed by atoms with Gasteiger partial charge in [-0.3, -0.25) is 4.79 Å². The standard InChI is InChI=1S/C12H14ClNO/c1-8(15)6-9-7-11(4-5-12(9)13)14-10-2-3-10/h4-5,7,10,14H,2-3,6H2,1H3. The number of carbonyl (C=O) groups is 1. The van der Waals surface area contributed by atoms with Crippen molar-refractivity contribution in [3.8, 4) is 0 Å². The van der Waals surface area contributed by atoms with Gasteiger partial charge in [0.15, 0.2) is 0 Å². The summed E-state index contributed by atoms with van der Waals surface area (Å²) in [6, 6.07) is 6.41. The molecular formula is C12H14ClNO. The molecule has 0 amide bonds. The quantitative estimate of drug-likeness (QED) is 0.850. The van der Waals surface area contributed by atoms with Crippen LogP contribution in [0.2, 0.25) is 5.02 Å². The van der Waals surface area contributed by atoms with Crippen LogP contribution in [0.15, 0.2) is 18.2 Å². The van der Waals surface area contributed by atoms with Gasteiger partial charge in [-0.05, 0) is 43.5 Å². The summed E-state index contributed by atoms with van der Waals surface area (Å²) in [7, 11) is 0. The van der Waals surface area contributed by atoms with Crippen LogP contribution in [-0.4, -0.2) is 11.8 Å². The minimum atomic E-state index is 0.139. The second kappa shape index (κ2) is 4.23. The first kappa shape index (κ1) is 10.5. The largest absolute Gasteiger partial charge is 0.382 e. The number of hydrogen-bond acceptors (Lipinski definition) is 2. The number of rotatable bonds is 4. The molecule has 1 aromatic rings. The van der Waals surface area contributed by atoms with Crippen molar-refractivity contribution in [3.63, 3.8) is 0 Å². The number of ketones is 1. The Morgan fingerprint density at radius 1 is 1.53 bits per heavy atom. The van der Waals surface area contributed by atoms with E-state index in [2.05, 4.69) is 5.32 Å². The monoisotopic (exact) mass is 223 g/mol. The van der Waals surface area contributed by atoms with Crippen molar-refractivity contribution in [1.82, 2.24) is 0 Å². The zero-order valence-corrected chi connectivity index (χ0v) is 9.47. The zero-order chi connectivity index (χ0) is 10.8. The van der Waals surface area contributed by atoms with Gasteiger partial charge in [0.05, 0.1) is 0 Å². The Hall–Kier alpha value is -1.02. The molecule has 3 heteroatoms. The number of halogens is 1. The molecule has 1 aromatic carbocycles. The number of Topliss-reactive ketones (excluding diaryl/α,β-unsaturated/α-hetero) is 1. The van der Waals surface area contributed by atoms with Crippen LogP contribution in [0.5, 0.6) is 0 Å². The van der Waals surface area contributed by atoms with Gasteiger partial charge >= 0.3 is 0 Å². The Labute approximate surface area is 94.6 Å². The molecule has 0 aliphatic heterocycles. The lowest BCUT2D eigenvalue weighted by atomic mass is 10.1. The molecule has 2 nitrogen and oxygen atoms in total. The summed E-state index contributed by atoms with van der Waals surface area (Å²) in [5.41, 5.74) is 1.98. The van der Waals surface area contributed by atoms with Gasteiger partial charge in [-0.25, -0.2) is 0 Å². The average Bonchev–Trinajstić information content (AvgIpc) is 2.94. The van der Waals surface area contributed by atoms with Crippen molar-refractivity contribution < 1.29 is 4.79 Å². The number of nitrogens with one attached hydrogen (secondary N) is 1. The minimum Gasteiger partial charge on any atom is -0.382 e. The molecule has 0 unspecified atom stereocenters. The summed E-state index contributed by atoms with van der Waals surface area (Å²) in [4.78, 5) is 11.0. The molecule has 2 rings (SSSR count). The molecule has 15 heavy (non-hydrogen) atoms. The van der Waals surface area contributed by atoms with E-state index in [0.717, 1.165) is 11.3 Å². The lowest BCUT2D eigenvalue weighted by Crippen LogP contribution is -2.03. The summed E-state index contributed by atoms with van der Waals surface area (Å²) in [5, 5.41) is 4.06. The Bertz CT molecular complexity index is 385. The van der Waals surface area contributed by atoms with E-state index in [9.17, 15) is 4.79 Å². The highest BCUT2D eigenvalue weighted by Crippen LogP contribution is 2.27. The molecule has 1 aliphatic rings. The maximum absolute atomic E-state index is 11.0. The molecule has 0 saturated heterocycles. The van der Waals surface area contributed by atoms with Crippen molar-refractivity contribution in [2.75, 3.05) is 5.32 Å². The Balaban J connectivity index is 2.15. The highest BCUT2D eigenvalue weighted by atomic mass is 35.5. The Morgan fingerprint density at radius 3 is 2.87 bits per heavy atom. The second-order valence-electron chi connectivity index (χ2n) is 4.10. The van der Waals surface area contributed by atoms with Crippen molar-refractivity contribution in [1.29, 1.82) is 0 Å². The van der Waals surface area contributed by atoms with Gasteiger partial charge < -0.3 is 5.32 Å². The van der Waals surface area contributed by atoms with E-state index in [0.29, 0.717) is 17.5 Å². The van der Waals surface area contributed by atoms with E-state index in [1.54, 1.807) is 6.92 Å². The van der Waals surface area contributed by atoms with Gasteiger partial charge in [0.25, 0.3) is 0 Å². The van der Waals surface area contributed by atoms with Gasteiger partial charge in [-0.2, -0.15) is 0 Å². The van der Waals surface area contributed by atoms with E-state index in [1.807, 2.05) is 18.2 Å². The van der Waals surface area contributed by atoms with E-state index in [-0.39, 0.29) is 5.78 Å². The molecular weight excluding hydrogens is 210 g/mol. The molecule has 1 saturated carbocycles. The fraction of sp³-hybridized carbons (Fsp3) is 0.417. The zero-order valence-electron chi connectivity index (χ0n) is 8.72. The predicted molar refractivity (Wildman–Crippen MR) is 62.5 cm³/mol. The van der Waals surface area contributed by atoms with Gasteiger partial charge in [-0.15, -0.1) is 0 Å². The third-order valence-corrected chi connectivity index (χ3v) is 2.80. The van der Waals surface area contributed by atoms with Crippen LogP contribution >= 0.6 is 11.6 Å². The topological polar surface area (TPSA) is 29.1 Å². The van der Waals surface area contributed by atoms with Crippen LogP contribution in [0, 0.1) is 0 Å². The Kier molecular flexibility index (Phi) is 2.96. The maximum Gasteiger partial charge on any atom is 0.134 e. The number of hydrogen-bond donors (Lipinski definition) is 1. The summed E-state index contributed by atoms with van der Waals surface area (Å²) < 4.78 is 0. The summed E-state index contributed by atoms with van der Waals surface area (Å²) in [6.07, 6.45) is 2.90. The fourth-order valence-electron chi connectivity index (χ4n) is 1.53. The minimum absolute atomic E-state index is 0.139. The highest BCUT2D eigenvalue weighted by Gasteiger charge is 2.20. The number of benzene rings is 1. The molecule has 1 N–H and O–H groups in total. The molecule has 1 aliphatic carbocycles. The molecule has 0 spiro atoms. The van der Waals surface area contributed by atoms with Crippen molar-refractivity contribution in [3.05, 3.63) is 28.8 Å². The third kappa shape index (κ3) is 2.96. The Morgan fingerprint density at radius 2 is 2.27 bits per heavy atom. The number of anilines is 1. The molecule has 80 valence electrons. The molecule has 0 atom stereocenters. The van der Waals surface area contributed by atoms with Crippen molar-refractivity contribution in [2.45, 2.75) is 32.2 Å². The maximum atomic E-state index is 11.0. The van der Waals surface area contributed by atoms with Crippen LogP contribution in [0.4, 0.5) is 5.69 Å². The SMILES string of the molecule is CC(=O)Cc1cc(NC2CC2)ccc1Cl. The van der Waals surface area contributed by atoms with E-state index >= 15 is 0 Å². The van der Waals surface area contributed by atoms with Crippen LogP contribution in [0.1, 0.15) is 25.3 Å². The van der Waals surface area contributed by atoms with Crippen molar-refractivity contribution in [2.24, 2.45) is 0 Å². The first-order valence-corrected chi connectivity index (χ1v) is 5.57. The first-order chi connectivity index (χ1) is 7.15. The molecule has 0 heterocycles. The molecule has 1 fully saturated rings. The summed E-state index contributed by atoms with van der Waals surface area (Å²) in [6.45, 7) is 1.58. The predicted octanol–water partition coefficient (Wildman–Crippen LogP) is 3.05. The van der Waals surface area contributed by atoms with Crippen LogP contribution in [-0.2, 0) is 11.2 Å². The lowest BCUT2D eigenvalue weighted by Gasteiger charge is -2.08. The van der Waals surface area contributed by atoms with E-state index in [1.165, 1.54) is 12.8 Å². The summed E-state index contributed by atoms with van der Waals surface area (Å²) >= 11 is 6.01. The van der Waals surface area contributed by atoms with E-state index < -0.39 is 0 Å². The van der Waals surface area contributed by atoms with Crippen molar-refractivity contribution >= 4 is 23.1 Å². The molecule has 0 bridgehead atoms. The summed E-state index contributed by atoms with van der Waals surface area (Å²) in [5.74, 6) is 0.139. The second-order valence-corrected chi connectivity index (χ2v) is 4.51. The normalized spacial score (nSPS) is 15.1. The van der Waals surface area contributed by atoms with Gasteiger partial charge in [-0.1, -0.05) is 11.6 Å². The first-order valence-electron chi connectivity index (χ1n) is 5.19. The highest BCUT2D eigenvalue weighted by molar-refractivity contribution is 6.31. The molecule has 0 aromatic heterocycles. The third-order valence-electron chi connectivity index (χ3n) is 2.43. The average molecular weight is 224 g/mol. The number of carbonyl (C=O) groups excluding carboxylic acids is 1. The van der Waals surface area contributed by atoms with Gasteiger partial charge in [0, 0.05) is 23.2 Å². The van der Waals surface area contributed by atoms with Gasteiger partial charge in [0.2, 0.25) is 0 Å². The van der Waals surface area contributed by atoms with Crippen LogP contribution < -0.4 is 5.32 Å². The molecule has 0 radical (unpaired) electrons.